The molecule has 6 heteroatoms. The van der Waals surface area contributed by atoms with Crippen molar-refractivity contribution < 1.29 is 9.59 Å². The van der Waals surface area contributed by atoms with Gasteiger partial charge in [0.05, 0.1) is 5.56 Å². The topological polar surface area (TPSA) is 91.2 Å². The van der Waals surface area contributed by atoms with Crippen LogP contribution in [0.4, 0.5) is 0 Å². The van der Waals surface area contributed by atoms with Gasteiger partial charge in [-0.05, 0) is 17.5 Å². The van der Waals surface area contributed by atoms with E-state index in [2.05, 4.69) is 34.3 Å². The van der Waals surface area contributed by atoms with Crippen LogP contribution in [0.1, 0.15) is 33.3 Å². The van der Waals surface area contributed by atoms with Gasteiger partial charge in [0.25, 0.3) is 5.91 Å². The molecule has 0 saturated carbocycles. The molecule has 2 amide bonds. The number of rotatable bonds is 5. The summed E-state index contributed by atoms with van der Waals surface area (Å²) in [4.78, 5) is 28.6. The van der Waals surface area contributed by atoms with Gasteiger partial charge >= 0.3 is 0 Å². The summed E-state index contributed by atoms with van der Waals surface area (Å²) >= 11 is 0. The van der Waals surface area contributed by atoms with Crippen LogP contribution in [-0.2, 0) is 6.54 Å². The van der Waals surface area contributed by atoms with E-state index in [1.165, 1.54) is 17.8 Å². The van der Waals surface area contributed by atoms with Crippen LogP contribution in [0.3, 0.4) is 0 Å². The van der Waals surface area contributed by atoms with E-state index in [9.17, 15) is 9.59 Å². The van der Waals surface area contributed by atoms with Crippen molar-refractivity contribution in [2.45, 2.75) is 19.5 Å². The second-order valence-corrected chi connectivity index (χ2v) is 6.40. The van der Waals surface area contributed by atoms with Crippen LogP contribution in [0.25, 0.3) is 0 Å². The number of hydrogen-bond donors (Lipinski definition) is 3. The van der Waals surface area contributed by atoms with Gasteiger partial charge in [-0.2, -0.15) is 0 Å². The SMILES string of the molecule is CC1CN(Cc2ccccc2)CC1NC(=O)c1cc(C(N)=O)c[nH]1. The minimum Gasteiger partial charge on any atom is -0.366 e. The van der Waals surface area contributed by atoms with E-state index in [4.69, 9.17) is 5.73 Å². The Bertz CT molecular complexity index is 726. The lowest BCUT2D eigenvalue weighted by molar-refractivity contribution is 0.0926. The lowest BCUT2D eigenvalue weighted by atomic mass is 10.1. The number of aromatic nitrogens is 1. The lowest BCUT2D eigenvalue weighted by Crippen LogP contribution is -2.40. The van der Waals surface area contributed by atoms with Gasteiger partial charge in [0.15, 0.2) is 0 Å². The normalized spacial score (nSPS) is 20.9. The van der Waals surface area contributed by atoms with Crippen molar-refractivity contribution in [2.75, 3.05) is 13.1 Å². The first-order valence-corrected chi connectivity index (χ1v) is 8.08. The molecule has 1 aromatic carbocycles. The number of likely N-dealkylation sites (tertiary alicyclic amines) is 1. The molecule has 2 heterocycles. The molecule has 0 aliphatic carbocycles. The van der Waals surface area contributed by atoms with E-state index in [-0.39, 0.29) is 11.9 Å². The molecule has 1 saturated heterocycles. The molecule has 1 aliphatic heterocycles. The van der Waals surface area contributed by atoms with E-state index >= 15 is 0 Å². The number of nitrogens with one attached hydrogen (secondary N) is 2. The number of benzene rings is 1. The second-order valence-electron chi connectivity index (χ2n) is 6.40. The van der Waals surface area contributed by atoms with Crippen molar-refractivity contribution in [2.24, 2.45) is 11.7 Å². The number of aromatic amines is 1. The van der Waals surface area contributed by atoms with E-state index in [1.807, 2.05) is 18.2 Å². The fourth-order valence-corrected chi connectivity index (χ4v) is 3.14. The number of carbonyl (C=O) groups is 2. The van der Waals surface area contributed by atoms with Gasteiger partial charge in [-0.25, -0.2) is 0 Å². The molecule has 0 spiro atoms. The zero-order chi connectivity index (χ0) is 17.1. The number of H-pyrrole nitrogens is 1. The molecule has 4 N–H and O–H groups in total. The minimum atomic E-state index is -0.548. The van der Waals surface area contributed by atoms with Crippen molar-refractivity contribution in [1.82, 2.24) is 15.2 Å². The Kier molecular flexibility index (Phi) is 4.66. The molecule has 1 aromatic heterocycles. The summed E-state index contributed by atoms with van der Waals surface area (Å²) in [6, 6.07) is 11.9. The van der Waals surface area contributed by atoms with Gasteiger partial charge in [0.1, 0.15) is 5.69 Å². The molecule has 6 nitrogen and oxygen atoms in total. The fraction of sp³-hybridized carbons (Fsp3) is 0.333. The highest BCUT2D eigenvalue weighted by molar-refractivity contribution is 5.98. The van der Waals surface area contributed by atoms with Gasteiger partial charge in [-0.1, -0.05) is 37.3 Å². The molecule has 1 aliphatic rings. The van der Waals surface area contributed by atoms with E-state index < -0.39 is 5.91 Å². The van der Waals surface area contributed by atoms with Crippen LogP contribution in [0, 0.1) is 5.92 Å². The summed E-state index contributed by atoms with van der Waals surface area (Å²) in [5, 5.41) is 3.05. The molecular formula is C18H22N4O2. The minimum absolute atomic E-state index is 0.0848. The summed E-state index contributed by atoms with van der Waals surface area (Å²) in [5.41, 5.74) is 7.15. The largest absolute Gasteiger partial charge is 0.366 e. The maximum atomic E-state index is 12.3. The molecule has 2 atom stereocenters. The lowest BCUT2D eigenvalue weighted by Gasteiger charge is -2.17. The molecule has 2 unspecified atom stereocenters. The average Bonchev–Trinajstić information content (AvgIpc) is 3.16. The monoisotopic (exact) mass is 326 g/mol. The van der Waals surface area contributed by atoms with Gasteiger partial charge in [0.2, 0.25) is 5.91 Å². The Balaban J connectivity index is 1.58. The van der Waals surface area contributed by atoms with Crippen LogP contribution in [0.2, 0.25) is 0 Å². The quantitative estimate of drug-likeness (QED) is 0.775. The highest BCUT2D eigenvalue weighted by atomic mass is 16.2. The zero-order valence-corrected chi connectivity index (χ0v) is 13.7. The standard InChI is InChI=1S/C18H22N4O2/c1-12-9-22(10-13-5-3-2-4-6-13)11-16(12)21-18(24)15-7-14(8-20-15)17(19)23/h2-8,12,16,20H,9-11H2,1H3,(H2,19,23)(H,21,24). The number of primary amides is 1. The molecule has 3 rings (SSSR count). The van der Waals surface area contributed by atoms with Crippen molar-refractivity contribution in [1.29, 1.82) is 0 Å². The summed E-state index contributed by atoms with van der Waals surface area (Å²) in [6.45, 7) is 4.77. The molecule has 1 fully saturated rings. The summed E-state index contributed by atoms with van der Waals surface area (Å²) in [7, 11) is 0. The first kappa shape index (κ1) is 16.3. The predicted octanol–water partition coefficient (Wildman–Crippen LogP) is 1.36. The van der Waals surface area contributed by atoms with Crippen LogP contribution < -0.4 is 11.1 Å². The average molecular weight is 326 g/mol. The van der Waals surface area contributed by atoms with Crippen molar-refractivity contribution >= 4 is 11.8 Å². The van der Waals surface area contributed by atoms with E-state index in [1.54, 1.807) is 0 Å². The molecule has 0 radical (unpaired) electrons. The third-order valence-electron chi connectivity index (χ3n) is 4.47. The first-order valence-electron chi connectivity index (χ1n) is 8.08. The van der Waals surface area contributed by atoms with Crippen LogP contribution >= 0.6 is 0 Å². The van der Waals surface area contributed by atoms with Crippen LogP contribution in [0.15, 0.2) is 42.6 Å². The van der Waals surface area contributed by atoms with Crippen molar-refractivity contribution in [3.8, 4) is 0 Å². The number of nitrogens with two attached hydrogens (primary N) is 1. The Morgan fingerprint density at radius 2 is 2.04 bits per heavy atom. The summed E-state index contributed by atoms with van der Waals surface area (Å²) in [6.07, 6.45) is 1.46. The molecule has 126 valence electrons. The van der Waals surface area contributed by atoms with E-state index in [0.29, 0.717) is 17.2 Å². The Hall–Kier alpha value is -2.60. The Labute approximate surface area is 141 Å². The highest BCUT2D eigenvalue weighted by Crippen LogP contribution is 2.19. The number of amides is 2. The summed E-state index contributed by atoms with van der Waals surface area (Å²) in [5.74, 6) is -0.391. The number of carbonyl (C=O) groups excluding carboxylic acids is 2. The summed E-state index contributed by atoms with van der Waals surface area (Å²) < 4.78 is 0. The van der Waals surface area contributed by atoms with Gasteiger partial charge < -0.3 is 16.0 Å². The predicted molar refractivity (Wildman–Crippen MR) is 91.4 cm³/mol. The molecule has 2 aromatic rings. The van der Waals surface area contributed by atoms with E-state index in [0.717, 1.165) is 19.6 Å². The molecule has 0 bridgehead atoms. The maximum Gasteiger partial charge on any atom is 0.267 e. The third kappa shape index (κ3) is 3.65. The Morgan fingerprint density at radius 1 is 1.29 bits per heavy atom. The molecule has 24 heavy (non-hydrogen) atoms. The first-order chi connectivity index (χ1) is 11.5. The second kappa shape index (κ2) is 6.88. The van der Waals surface area contributed by atoms with Gasteiger partial charge in [-0.3, -0.25) is 14.5 Å². The van der Waals surface area contributed by atoms with Gasteiger partial charge in [-0.15, -0.1) is 0 Å². The van der Waals surface area contributed by atoms with Crippen LogP contribution in [-0.4, -0.2) is 40.8 Å². The highest BCUT2D eigenvalue weighted by Gasteiger charge is 2.31. The smallest absolute Gasteiger partial charge is 0.267 e. The number of nitrogens with zero attached hydrogens (tertiary/aromatic N) is 1. The van der Waals surface area contributed by atoms with Gasteiger partial charge in [0, 0.05) is 31.9 Å². The van der Waals surface area contributed by atoms with Crippen LogP contribution in [0.5, 0.6) is 0 Å². The van der Waals surface area contributed by atoms with Crippen molar-refractivity contribution in [3.05, 3.63) is 59.4 Å². The third-order valence-corrected chi connectivity index (χ3v) is 4.47. The fourth-order valence-electron chi connectivity index (χ4n) is 3.14. The molecular weight excluding hydrogens is 304 g/mol. The Morgan fingerprint density at radius 3 is 2.71 bits per heavy atom. The van der Waals surface area contributed by atoms with Crippen molar-refractivity contribution in [3.63, 3.8) is 0 Å². The maximum absolute atomic E-state index is 12.3. The zero-order valence-electron chi connectivity index (χ0n) is 13.7. The number of hydrogen-bond acceptors (Lipinski definition) is 3.